The molecule has 2 aliphatic heterocycles. The summed E-state index contributed by atoms with van der Waals surface area (Å²) >= 11 is 6.81. The number of hydrogen-bond acceptors (Lipinski definition) is 10. The number of nitrogens with zero attached hydrogens (tertiary/aromatic N) is 5. The molecule has 2 fully saturated rings. The van der Waals surface area contributed by atoms with Crippen molar-refractivity contribution in [1.29, 1.82) is 0 Å². The number of likely N-dealkylation sites (N-methyl/N-ethyl adjacent to an activating group) is 1. The quantitative estimate of drug-likeness (QED) is 0.209. The van der Waals surface area contributed by atoms with Gasteiger partial charge in [-0.2, -0.15) is 0 Å². The van der Waals surface area contributed by atoms with Crippen LogP contribution in [0.3, 0.4) is 0 Å². The predicted octanol–water partition coefficient (Wildman–Crippen LogP) is 4.64. The number of fused-ring (bicyclic) bond motifs is 1. The number of aromatic nitrogens is 2. The van der Waals surface area contributed by atoms with Crippen molar-refractivity contribution in [2.24, 2.45) is 5.41 Å². The number of halogens is 1. The standard InChI is InChI=1S/C37H52ClN9O4/c1-8-13-45-15-17-46(18-16-45)29-12-11-24(19-26(29)38)42-33-25-20-28(31(51-7)21-27(25)40-22-41-33)43-35(49)30-10-9-14-47(30)36(50)32(37(3,4)5)44-34(48)23(2)39-6/h11-12,19-23,30,32,39H,8-10,13-18H2,1-7H3,(H,43,49)(H,44,48)(H,40,41,42). The van der Waals surface area contributed by atoms with Gasteiger partial charge >= 0.3 is 0 Å². The van der Waals surface area contributed by atoms with Crippen LogP contribution in [0, 0.1) is 5.41 Å². The summed E-state index contributed by atoms with van der Waals surface area (Å²) in [6.07, 6.45) is 3.77. The second-order valence-electron chi connectivity index (χ2n) is 14.4. The van der Waals surface area contributed by atoms with Gasteiger partial charge in [0.2, 0.25) is 17.7 Å². The van der Waals surface area contributed by atoms with E-state index in [1.165, 1.54) is 13.4 Å². The van der Waals surface area contributed by atoms with E-state index in [2.05, 4.69) is 48.0 Å². The first-order chi connectivity index (χ1) is 24.3. The minimum absolute atomic E-state index is 0.280. The van der Waals surface area contributed by atoms with Crippen LogP contribution >= 0.6 is 11.6 Å². The van der Waals surface area contributed by atoms with Crippen molar-refractivity contribution < 1.29 is 19.1 Å². The van der Waals surface area contributed by atoms with Crippen LogP contribution in [0.4, 0.5) is 22.9 Å². The van der Waals surface area contributed by atoms with Gasteiger partial charge in [0.05, 0.1) is 35.1 Å². The molecule has 0 radical (unpaired) electrons. The van der Waals surface area contributed by atoms with Crippen LogP contribution in [-0.2, 0) is 14.4 Å². The first-order valence-corrected chi connectivity index (χ1v) is 18.2. The van der Waals surface area contributed by atoms with Crippen molar-refractivity contribution in [3.8, 4) is 5.75 Å². The fraction of sp³-hybridized carbons (Fsp3) is 0.541. The van der Waals surface area contributed by atoms with Gasteiger partial charge in [-0.3, -0.25) is 19.3 Å². The topological polar surface area (TPSA) is 144 Å². The average molecular weight is 722 g/mol. The minimum Gasteiger partial charge on any atom is -0.494 e. The summed E-state index contributed by atoms with van der Waals surface area (Å²) in [5, 5.41) is 13.5. The number of hydrogen-bond donors (Lipinski definition) is 4. The number of carbonyl (C=O) groups is 3. The Morgan fingerprint density at radius 2 is 1.80 bits per heavy atom. The molecule has 2 aliphatic rings. The summed E-state index contributed by atoms with van der Waals surface area (Å²) in [7, 11) is 3.22. The van der Waals surface area contributed by atoms with Crippen LogP contribution in [-0.4, -0.2) is 109 Å². The number of anilines is 4. The third-order valence-electron chi connectivity index (χ3n) is 9.74. The Morgan fingerprint density at radius 1 is 1.06 bits per heavy atom. The fourth-order valence-electron chi connectivity index (χ4n) is 6.69. The van der Waals surface area contributed by atoms with Gasteiger partial charge < -0.3 is 35.8 Å². The lowest BCUT2D eigenvalue weighted by Gasteiger charge is -2.36. The van der Waals surface area contributed by atoms with E-state index < -0.39 is 23.5 Å². The summed E-state index contributed by atoms with van der Waals surface area (Å²) in [4.78, 5) is 56.0. The first kappa shape index (κ1) is 38.0. The maximum atomic E-state index is 13.9. The van der Waals surface area contributed by atoms with Crippen LogP contribution in [0.2, 0.25) is 5.02 Å². The lowest BCUT2D eigenvalue weighted by molar-refractivity contribution is -0.143. The number of likely N-dealkylation sites (tertiary alicyclic amines) is 1. The summed E-state index contributed by atoms with van der Waals surface area (Å²) in [5.74, 6) is 0.0459. The van der Waals surface area contributed by atoms with Gasteiger partial charge in [-0.25, -0.2) is 9.97 Å². The number of methoxy groups -OCH3 is 1. The molecule has 276 valence electrons. The van der Waals surface area contributed by atoms with E-state index in [9.17, 15) is 14.4 Å². The molecule has 0 saturated carbocycles. The van der Waals surface area contributed by atoms with Gasteiger partial charge in [0.25, 0.3) is 0 Å². The lowest BCUT2D eigenvalue weighted by Crippen LogP contribution is -2.59. The van der Waals surface area contributed by atoms with Gasteiger partial charge in [0, 0.05) is 49.9 Å². The summed E-state index contributed by atoms with van der Waals surface area (Å²) in [6.45, 7) is 15.0. The summed E-state index contributed by atoms with van der Waals surface area (Å²) < 4.78 is 5.66. The largest absolute Gasteiger partial charge is 0.494 e. The average Bonchev–Trinajstić information content (AvgIpc) is 3.60. The third kappa shape index (κ3) is 8.82. The number of ether oxygens (including phenoxy) is 1. The van der Waals surface area contributed by atoms with Gasteiger partial charge in [-0.05, 0) is 69.5 Å². The molecule has 3 heterocycles. The number of nitrogens with one attached hydrogen (secondary N) is 4. The molecule has 3 amide bonds. The Bertz CT molecular complexity index is 1720. The minimum atomic E-state index is -0.811. The zero-order valence-electron chi connectivity index (χ0n) is 30.8. The van der Waals surface area contributed by atoms with E-state index in [4.69, 9.17) is 16.3 Å². The summed E-state index contributed by atoms with van der Waals surface area (Å²) in [5.41, 5.74) is 2.23. The molecular weight excluding hydrogens is 670 g/mol. The molecule has 3 atom stereocenters. The van der Waals surface area contributed by atoms with Crippen molar-refractivity contribution in [1.82, 2.24) is 30.4 Å². The van der Waals surface area contributed by atoms with Crippen molar-refractivity contribution >= 4 is 63.1 Å². The van der Waals surface area contributed by atoms with Gasteiger partial charge in [0.15, 0.2) is 0 Å². The molecule has 4 N–H and O–H groups in total. The molecule has 14 heteroatoms. The van der Waals surface area contributed by atoms with E-state index in [0.717, 1.165) is 50.5 Å². The van der Waals surface area contributed by atoms with E-state index in [-0.39, 0.29) is 17.7 Å². The molecule has 0 aliphatic carbocycles. The van der Waals surface area contributed by atoms with Crippen molar-refractivity contribution in [2.45, 2.75) is 72.0 Å². The zero-order valence-corrected chi connectivity index (χ0v) is 31.6. The van der Waals surface area contributed by atoms with E-state index in [1.807, 2.05) is 39.0 Å². The molecule has 2 aromatic carbocycles. The molecule has 5 rings (SSSR count). The highest BCUT2D eigenvalue weighted by atomic mass is 35.5. The Labute approximate surface area is 305 Å². The Hall–Kier alpha value is -4.20. The third-order valence-corrected chi connectivity index (χ3v) is 10.0. The van der Waals surface area contributed by atoms with Gasteiger partial charge in [0.1, 0.15) is 30.0 Å². The second-order valence-corrected chi connectivity index (χ2v) is 14.8. The number of carbonyl (C=O) groups excluding carboxylic acids is 3. The predicted molar refractivity (Wildman–Crippen MR) is 203 cm³/mol. The van der Waals surface area contributed by atoms with Crippen molar-refractivity contribution in [3.63, 3.8) is 0 Å². The fourth-order valence-corrected chi connectivity index (χ4v) is 6.99. The Balaban J connectivity index is 1.35. The zero-order chi connectivity index (χ0) is 36.9. The number of piperazine rings is 1. The molecule has 1 aromatic heterocycles. The highest BCUT2D eigenvalue weighted by molar-refractivity contribution is 6.33. The monoisotopic (exact) mass is 721 g/mol. The van der Waals surface area contributed by atoms with Crippen LogP contribution in [0.5, 0.6) is 5.75 Å². The molecule has 0 spiro atoms. The highest BCUT2D eigenvalue weighted by Crippen LogP contribution is 2.36. The van der Waals surface area contributed by atoms with Gasteiger partial charge in [-0.1, -0.05) is 39.3 Å². The molecule has 3 aromatic rings. The molecule has 13 nitrogen and oxygen atoms in total. The number of benzene rings is 2. The van der Waals surface area contributed by atoms with Crippen LogP contribution in [0.1, 0.15) is 53.9 Å². The maximum Gasteiger partial charge on any atom is 0.247 e. The number of rotatable bonds is 12. The van der Waals surface area contributed by atoms with Crippen molar-refractivity contribution in [3.05, 3.63) is 41.7 Å². The molecule has 51 heavy (non-hydrogen) atoms. The second kappa shape index (κ2) is 16.4. The normalized spacial score (nSPS) is 18.0. The maximum absolute atomic E-state index is 13.9. The molecule has 3 unspecified atom stereocenters. The van der Waals surface area contributed by atoms with Crippen molar-refractivity contribution in [2.75, 3.05) is 69.0 Å². The SMILES string of the molecule is CCCN1CCN(c2ccc(Nc3ncnc4cc(OC)c(NC(=O)C5CCCN5C(=O)C(NC(=O)C(C)NC)C(C)(C)C)cc34)cc2Cl)CC1. The Kier molecular flexibility index (Phi) is 12.3. The number of amides is 3. The van der Waals surface area contributed by atoms with Gasteiger partial charge in [-0.15, -0.1) is 0 Å². The van der Waals surface area contributed by atoms with Crippen LogP contribution in [0.15, 0.2) is 36.7 Å². The van der Waals surface area contributed by atoms with E-state index in [1.54, 1.807) is 31.0 Å². The van der Waals surface area contributed by atoms with Crippen LogP contribution in [0.25, 0.3) is 10.9 Å². The summed E-state index contributed by atoms with van der Waals surface area (Å²) in [6, 6.07) is 7.43. The first-order valence-electron chi connectivity index (χ1n) is 17.8. The Morgan fingerprint density at radius 3 is 2.45 bits per heavy atom. The smallest absolute Gasteiger partial charge is 0.247 e. The van der Waals surface area contributed by atoms with Crippen LogP contribution < -0.4 is 30.9 Å². The van der Waals surface area contributed by atoms with E-state index >= 15 is 0 Å². The molecule has 0 bridgehead atoms. The highest BCUT2D eigenvalue weighted by Gasteiger charge is 2.42. The molecular formula is C37H52ClN9O4. The molecule has 2 saturated heterocycles. The van der Waals surface area contributed by atoms with E-state index in [0.29, 0.717) is 52.6 Å². The lowest BCUT2D eigenvalue weighted by atomic mass is 9.85.